The van der Waals surface area contributed by atoms with Crippen LogP contribution in [0.4, 0.5) is 0 Å². The lowest BCUT2D eigenvalue weighted by Crippen LogP contribution is -2.56. The fourth-order valence-corrected chi connectivity index (χ4v) is 6.74. The van der Waals surface area contributed by atoms with Crippen LogP contribution in [0, 0.1) is 17.8 Å². The van der Waals surface area contributed by atoms with Gasteiger partial charge in [0, 0.05) is 40.4 Å². The van der Waals surface area contributed by atoms with Crippen LogP contribution in [0.3, 0.4) is 0 Å². The molecule has 1 fully saturated rings. The maximum Gasteiger partial charge on any atom is 0.329 e. The van der Waals surface area contributed by atoms with E-state index in [1.165, 1.54) is 35.8 Å². The van der Waals surface area contributed by atoms with Gasteiger partial charge >= 0.3 is 17.9 Å². The molecule has 0 aliphatic carbocycles. The first-order valence-corrected chi connectivity index (χ1v) is 20.5. The molecule has 0 aromatic heterocycles. The fourth-order valence-electron chi connectivity index (χ4n) is 6.74. The number of hydrogen-bond donors (Lipinski definition) is 0. The second-order valence-electron chi connectivity index (χ2n) is 15.8. The van der Waals surface area contributed by atoms with Crippen molar-refractivity contribution in [2.75, 3.05) is 21.1 Å². The monoisotopic (exact) mass is 813 g/mol. The standard InChI is InChI=1S/C45H57N3O9.C2H6/c1-28(2)37-40(49)46(7)35(26-32-21-15-11-16-22-32)44(53)56-39(30(5)6)42(51)48(9)36(27-33-23-17-12-18-24-33)45(54)57-38(29(3)4)41(50)47(8)34(43(52)55-37)25-31-19-13-10-14-20-31;1-2/h10-24,28-30,34-39H,25-27H2,1-9H3;1-2H3/t34-,35-,36-,37+,38+,39?;/m0./s1. The van der Waals surface area contributed by atoms with E-state index in [0.717, 1.165) is 16.7 Å². The highest BCUT2D eigenvalue weighted by Gasteiger charge is 2.44. The summed E-state index contributed by atoms with van der Waals surface area (Å²) < 4.78 is 18.1. The third-order valence-corrected chi connectivity index (χ3v) is 10.4. The minimum absolute atomic E-state index is 0.0307. The van der Waals surface area contributed by atoms with E-state index in [4.69, 9.17) is 14.2 Å². The molecule has 1 saturated heterocycles. The normalized spacial score (nSPS) is 23.0. The number of benzene rings is 3. The summed E-state index contributed by atoms with van der Waals surface area (Å²) in [5.41, 5.74) is 2.16. The van der Waals surface area contributed by atoms with Crippen LogP contribution in [0.2, 0.25) is 0 Å². The molecule has 0 saturated carbocycles. The zero-order valence-electron chi connectivity index (χ0n) is 36.5. The van der Waals surface area contributed by atoms with Gasteiger partial charge in [0.2, 0.25) is 0 Å². The lowest BCUT2D eigenvalue weighted by molar-refractivity contribution is -0.179. The predicted molar refractivity (Wildman–Crippen MR) is 226 cm³/mol. The van der Waals surface area contributed by atoms with Crippen molar-refractivity contribution in [2.45, 2.75) is 111 Å². The lowest BCUT2D eigenvalue weighted by atomic mass is 9.99. The first-order valence-electron chi connectivity index (χ1n) is 20.5. The largest absolute Gasteiger partial charge is 0.450 e. The number of carbonyl (C=O) groups is 6. The van der Waals surface area contributed by atoms with Gasteiger partial charge in [0.05, 0.1) is 0 Å². The van der Waals surface area contributed by atoms with Crippen molar-refractivity contribution in [3.05, 3.63) is 108 Å². The summed E-state index contributed by atoms with van der Waals surface area (Å²) in [4.78, 5) is 89.9. The summed E-state index contributed by atoms with van der Waals surface area (Å²) in [6, 6.07) is 23.4. The van der Waals surface area contributed by atoms with Gasteiger partial charge < -0.3 is 28.9 Å². The minimum Gasteiger partial charge on any atom is -0.450 e. The first-order chi connectivity index (χ1) is 28.0. The molecule has 1 unspecified atom stereocenters. The zero-order valence-corrected chi connectivity index (χ0v) is 36.5. The van der Waals surface area contributed by atoms with Crippen molar-refractivity contribution >= 4 is 35.6 Å². The van der Waals surface area contributed by atoms with E-state index in [9.17, 15) is 28.8 Å². The Morgan fingerprint density at radius 1 is 0.407 bits per heavy atom. The van der Waals surface area contributed by atoms with E-state index in [1.807, 2.05) is 32.0 Å². The van der Waals surface area contributed by atoms with Gasteiger partial charge in [-0.05, 0) is 34.4 Å². The second kappa shape index (κ2) is 22.6. The second-order valence-corrected chi connectivity index (χ2v) is 15.8. The van der Waals surface area contributed by atoms with Crippen LogP contribution in [0.5, 0.6) is 0 Å². The van der Waals surface area contributed by atoms with Crippen molar-refractivity contribution < 1.29 is 43.0 Å². The van der Waals surface area contributed by atoms with Gasteiger partial charge in [0.1, 0.15) is 18.1 Å². The maximum atomic E-state index is 14.4. The van der Waals surface area contributed by atoms with Crippen LogP contribution >= 0.6 is 0 Å². The summed E-state index contributed by atoms with van der Waals surface area (Å²) in [6.07, 6.45) is -3.99. The SMILES string of the molecule is CC.CC(C)C1OC(=O)[C@H](Cc2ccccc2)N(C)C(=O)[C@@H](C(C)C)OC(=O)[C@H](Cc2ccccc2)N(C)C(=O)[C@@H](C(C)C)OC(=O)[C@H](Cc2ccccc2)N(C)C1=O. The average molecular weight is 814 g/mol. The van der Waals surface area contributed by atoms with Crippen molar-refractivity contribution in [3.8, 4) is 0 Å². The molecule has 12 nitrogen and oxygen atoms in total. The van der Waals surface area contributed by atoms with Gasteiger partial charge in [-0.2, -0.15) is 0 Å². The number of likely N-dealkylation sites (N-methyl/N-ethyl adjacent to an activating group) is 3. The van der Waals surface area contributed by atoms with E-state index in [1.54, 1.807) is 114 Å². The topological polar surface area (TPSA) is 140 Å². The van der Waals surface area contributed by atoms with Crippen LogP contribution < -0.4 is 0 Å². The Morgan fingerprint density at radius 2 is 0.610 bits per heavy atom. The van der Waals surface area contributed by atoms with E-state index < -0.39 is 89.8 Å². The van der Waals surface area contributed by atoms with Gasteiger partial charge in [-0.25, -0.2) is 14.4 Å². The van der Waals surface area contributed by atoms with Crippen molar-refractivity contribution in [1.29, 1.82) is 0 Å². The first kappa shape index (κ1) is 47.9. The number of amides is 3. The number of rotatable bonds is 9. The van der Waals surface area contributed by atoms with Crippen molar-refractivity contribution in [3.63, 3.8) is 0 Å². The molecule has 59 heavy (non-hydrogen) atoms. The molecule has 320 valence electrons. The number of nitrogens with zero attached hydrogens (tertiary/aromatic N) is 3. The fraction of sp³-hybridized carbons (Fsp3) is 0.489. The van der Waals surface area contributed by atoms with Gasteiger partial charge in [-0.3, -0.25) is 14.4 Å². The molecule has 4 rings (SSSR count). The molecule has 0 bridgehead atoms. The Morgan fingerprint density at radius 3 is 0.797 bits per heavy atom. The van der Waals surface area contributed by atoms with Gasteiger partial charge in [-0.15, -0.1) is 0 Å². The summed E-state index contributed by atoms with van der Waals surface area (Å²) in [6.45, 7) is 14.3. The molecule has 0 spiro atoms. The molecule has 3 aromatic rings. The maximum absolute atomic E-state index is 14.4. The Balaban J connectivity index is 0.00000458. The molecule has 0 radical (unpaired) electrons. The van der Waals surface area contributed by atoms with Crippen LogP contribution in [-0.4, -0.2) is 108 Å². The molecule has 0 N–H and O–H groups in total. The molecular weight excluding hydrogens is 751 g/mol. The number of carbonyl (C=O) groups excluding carboxylic acids is 6. The average Bonchev–Trinajstić information content (AvgIpc) is 3.23. The highest BCUT2D eigenvalue weighted by molar-refractivity contribution is 5.94. The molecular formula is C47H63N3O9. The highest BCUT2D eigenvalue weighted by atomic mass is 16.6. The molecule has 3 amide bonds. The van der Waals surface area contributed by atoms with Crippen molar-refractivity contribution in [2.24, 2.45) is 17.8 Å². The summed E-state index contributed by atoms with van der Waals surface area (Å²) >= 11 is 0. The Labute approximate surface area is 350 Å². The smallest absolute Gasteiger partial charge is 0.329 e. The Kier molecular flexibility index (Phi) is 18.3. The quantitative estimate of drug-likeness (QED) is 0.190. The van der Waals surface area contributed by atoms with Crippen LogP contribution in [-0.2, 0) is 62.2 Å². The number of ether oxygens (including phenoxy) is 3. The van der Waals surface area contributed by atoms with Crippen LogP contribution in [0.15, 0.2) is 91.0 Å². The molecule has 12 heteroatoms. The highest BCUT2D eigenvalue weighted by Crippen LogP contribution is 2.24. The van der Waals surface area contributed by atoms with E-state index in [2.05, 4.69) is 0 Å². The van der Waals surface area contributed by atoms with Gasteiger partial charge in [-0.1, -0.05) is 146 Å². The number of hydrogen-bond acceptors (Lipinski definition) is 9. The summed E-state index contributed by atoms with van der Waals surface area (Å²) in [7, 11) is 4.31. The molecule has 6 atom stereocenters. The molecule has 3 aromatic carbocycles. The lowest BCUT2D eigenvalue weighted by Gasteiger charge is -2.37. The number of cyclic esters (lactones) is 3. The van der Waals surface area contributed by atoms with Gasteiger partial charge in [0.25, 0.3) is 17.7 Å². The van der Waals surface area contributed by atoms with E-state index >= 15 is 0 Å². The third kappa shape index (κ3) is 12.7. The minimum atomic E-state index is -1.36. The Hall–Kier alpha value is -5.52. The van der Waals surface area contributed by atoms with Crippen molar-refractivity contribution in [1.82, 2.24) is 14.7 Å². The van der Waals surface area contributed by atoms with Crippen LogP contribution in [0.25, 0.3) is 0 Å². The zero-order chi connectivity index (χ0) is 44.0. The summed E-state index contributed by atoms with van der Waals surface area (Å²) in [5, 5.41) is 0. The molecule has 1 aliphatic rings. The predicted octanol–water partition coefficient (Wildman–Crippen LogP) is 5.94. The number of esters is 3. The molecule has 1 aliphatic heterocycles. The van der Waals surface area contributed by atoms with Gasteiger partial charge in [0.15, 0.2) is 18.3 Å². The molecule has 1 heterocycles. The van der Waals surface area contributed by atoms with Crippen LogP contribution in [0.1, 0.15) is 72.1 Å². The summed E-state index contributed by atoms with van der Waals surface area (Å²) in [5.74, 6) is -6.18. The third-order valence-electron chi connectivity index (χ3n) is 10.4. The van der Waals surface area contributed by atoms with E-state index in [-0.39, 0.29) is 19.3 Å². The Bertz CT molecular complexity index is 1620. The van der Waals surface area contributed by atoms with E-state index in [0.29, 0.717) is 0 Å².